The maximum absolute atomic E-state index is 12.1. The molecular weight excluding hydrogens is 314 g/mol. The summed E-state index contributed by atoms with van der Waals surface area (Å²) in [5.41, 5.74) is 2.26. The maximum Gasteiger partial charge on any atom is 0.248 e. The Hall–Kier alpha value is -2.46. The Labute approximate surface area is 140 Å². The molecule has 2 aromatic carbocycles. The first-order valence-corrected chi connectivity index (χ1v) is 7.38. The number of halogens is 1. The smallest absolute Gasteiger partial charge is 0.248 e. The van der Waals surface area contributed by atoms with Gasteiger partial charge in [-0.25, -0.2) is 0 Å². The molecule has 5 heteroatoms. The molecule has 120 valence electrons. The van der Waals surface area contributed by atoms with Gasteiger partial charge in [0.1, 0.15) is 11.5 Å². The first kappa shape index (κ1) is 16.9. The Morgan fingerprint density at radius 2 is 1.91 bits per heavy atom. The van der Waals surface area contributed by atoms with Crippen molar-refractivity contribution < 1.29 is 14.3 Å². The number of carbonyl (C=O) groups is 1. The van der Waals surface area contributed by atoms with Crippen molar-refractivity contribution in [3.8, 4) is 11.5 Å². The summed E-state index contributed by atoms with van der Waals surface area (Å²) in [5, 5.41) is 3.35. The monoisotopic (exact) mass is 331 g/mol. The summed E-state index contributed by atoms with van der Waals surface area (Å²) in [4.78, 5) is 12.1. The standard InChI is InChI=1S/C18H18ClNO3/c1-12(16-8-7-15(22-2)11-17(16)23-3)9-18(21)20-14-6-4-5-13(19)10-14/h4-11H,1-3H3,(H,20,21)/b12-9+. The van der Waals surface area contributed by atoms with E-state index in [1.54, 1.807) is 44.6 Å². The normalized spacial score (nSPS) is 11.0. The molecule has 2 aromatic rings. The second kappa shape index (κ2) is 7.70. The van der Waals surface area contributed by atoms with Crippen molar-refractivity contribution in [1.82, 2.24) is 0 Å². The van der Waals surface area contributed by atoms with E-state index in [9.17, 15) is 4.79 Å². The Balaban J connectivity index is 2.20. The fraction of sp³-hybridized carbons (Fsp3) is 0.167. The molecule has 0 fully saturated rings. The second-order valence-electron chi connectivity index (χ2n) is 4.89. The Morgan fingerprint density at radius 3 is 2.57 bits per heavy atom. The Kier molecular flexibility index (Phi) is 5.66. The van der Waals surface area contributed by atoms with Gasteiger partial charge in [0.05, 0.1) is 14.2 Å². The third-order valence-electron chi connectivity index (χ3n) is 3.27. The molecule has 1 N–H and O–H groups in total. The Morgan fingerprint density at radius 1 is 1.13 bits per heavy atom. The molecular formula is C18H18ClNO3. The number of hydrogen-bond donors (Lipinski definition) is 1. The highest BCUT2D eigenvalue weighted by molar-refractivity contribution is 6.30. The van der Waals surface area contributed by atoms with Gasteiger partial charge in [-0.1, -0.05) is 17.7 Å². The maximum atomic E-state index is 12.1. The molecule has 0 aliphatic rings. The van der Waals surface area contributed by atoms with E-state index in [-0.39, 0.29) is 5.91 Å². The number of carbonyl (C=O) groups excluding carboxylic acids is 1. The number of nitrogens with one attached hydrogen (secondary N) is 1. The van der Waals surface area contributed by atoms with E-state index in [1.165, 1.54) is 6.08 Å². The van der Waals surface area contributed by atoms with E-state index >= 15 is 0 Å². The second-order valence-corrected chi connectivity index (χ2v) is 5.33. The number of benzene rings is 2. The minimum absolute atomic E-state index is 0.234. The number of amides is 1. The fourth-order valence-electron chi connectivity index (χ4n) is 2.14. The van der Waals surface area contributed by atoms with Crippen LogP contribution in [0.5, 0.6) is 11.5 Å². The van der Waals surface area contributed by atoms with Crippen LogP contribution in [-0.2, 0) is 4.79 Å². The van der Waals surface area contributed by atoms with Crippen LogP contribution < -0.4 is 14.8 Å². The number of hydrogen-bond acceptors (Lipinski definition) is 3. The average Bonchev–Trinajstić information content (AvgIpc) is 2.53. The predicted octanol–water partition coefficient (Wildman–Crippen LogP) is 4.40. The molecule has 0 aliphatic carbocycles. The van der Waals surface area contributed by atoms with Gasteiger partial charge in [0, 0.05) is 28.4 Å². The van der Waals surface area contributed by atoms with E-state index in [2.05, 4.69) is 5.32 Å². The lowest BCUT2D eigenvalue weighted by Gasteiger charge is -2.11. The lowest BCUT2D eigenvalue weighted by atomic mass is 10.1. The van der Waals surface area contributed by atoms with E-state index in [0.717, 1.165) is 11.1 Å². The first-order chi connectivity index (χ1) is 11.0. The highest BCUT2D eigenvalue weighted by atomic mass is 35.5. The summed E-state index contributed by atoms with van der Waals surface area (Å²) in [6, 6.07) is 12.5. The van der Waals surface area contributed by atoms with Gasteiger partial charge in [0.25, 0.3) is 0 Å². The van der Waals surface area contributed by atoms with Crippen molar-refractivity contribution in [2.24, 2.45) is 0 Å². The molecule has 0 atom stereocenters. The average molecular weight is 332 g/mol. The lowest BCUT2D eigenvalue weighted by Crippen LogP contribution is -2.08. The third kappa shape index (κ3) is 4.50. The van der Waals surface area contributed by atoms with E-state index < -0.39 is 0 Å². The third-order valence-corrected chi connectivity index (χ3v) is 3.51. The Bertz CT molecular complexity index is 741. The van der Waals surface area contributed by atoms with Crippen LogP contribution in [0.25, 0.3) is 5.57 Å². The van der Waals surface area contributed by atoms with Crippen molar-refractivity contribution in [3.63, 3.8) is 0 Å². The highest BCUT2D eigenvalue weighted by Gasteiger charge is 2.08. The minimum Gasteiger partial charge on any atom is -0.497 e. The summed E-state index contributed by atoms with van der Waals surface area (Å²) < 4.78 is 10.5. The van der Waals surface area contributed by atoms with Gasteiger partial charge < -0.3 is 14.8 Å². The number of ether oxygens (including phenoxy) is 2. The largest absolute Gasteiger partial charge is 0.497 e. The molecule has 2 rings (SSSR count). The molecule has 0 bridgehead atoms. The van der Waals surface area contributed by atoms with Gasteiger partial charge in [0.15, 0.2) is 0 Å². The molecule has 0 heterocycles. The highest BCUT2D eigenvalue weighted by Crippen LogP contribution is 2.30. The van der Waals surface area contributed by atoms with Gasteiger partial charge in [-0.2, -0.15) is 0 Å². The molecule has 4 nitrogen and oxygen atoms in total. The zero-order valence-electron chi connectivity index (χ0n) is 13.2. The van der Waals surface area contributed by atoms with E-state index in [1.807, 2.05) is 19.1 Å². The van der Waals surface area contributed by atoms with Crippen LogP contribution in [0.3, 0.4) is 0 Å². The minimum atomic E-state index is -0.234. The topological polar surface area (TPSA) is 47.6 Å². The van der Waals surface area contributed by atoms with Crippen LogP contribution in [0.2, 0.25) is 5.02 Å². The van der Waals surface area contributed by atoms with Crippen LogP contribution in [0.4, 0.5) is 5.69 Å². The molecule has 0 spiro atoms. The number of anilines is 1. The fourth-order valence-corrected chi connectivity index (χ4v) is 2.33. The van der Waals surface area contributed by atoms with Gasteiger partial charge in [-0.3, -0.25) is 4.79 Å². The predicted molar refractivity (Wildman–Crippen MR) is 93.3 cm³/mol. The summed E-state index contributed by atoms with van der Waals surface area (Å²) in [6.45, 7) is 1.85. The molecule has 0 aliphatic heterocycles. The molecule has 23 heavy (non-hydrogen) atoms. The van der Waals surface area contributed by atoms with Crippen molar-refractivity contribution in [2.75, 3.05) is 19.5 Å². The summed E-state index contributed by atoms with van der Waals surface area (Å²) in [6.07, 6.45) is 1.52. The lowest BCUT2D eigenvalue weighted by molar-refractivity contribution is -0.111. The van der Waals surface area contributed by atoms with Gasteiger partial charge in [0.2, 0.25) is 5.91 Å². The number of methoxy groups -OCH3 is 2. The number of rotatable bonds is 5. The summed E-state index contributed by atoms with van der Waals surface area (Å²) in [7, 11) is 3.17. The van der Waals surface area contributed by atoms with Gasteiger partial charge in [-0.15, -0.1) is 0 Å². The van der Waals surface area contributed by atoms with Crippen molar-refractivity contribution in [1.29, 1.82) is 0 Å². The summed E-state index contributed by atoms with van der Waals surface area (Å²) >= 11 is 5.90. The molecule has 0 saturated heterocycles. The molecule has 1 amide bonds. The van der Waals surface area contributed by atoms with Crippen LogP contribution in [0, 0.1) is 0 Å². The van der Waals surface area contributed by atoms with Gasteiger partial charge in [-0.05, 0) is 42.8 Å². The summed E-state index contributed by atoms with van der Waals surface area (Å²) in [5.74, 6) is 1.11. The molecule has 0 unspecified atom stereocenters. The zero-order valence-corrected chi connectivity index (χ0v) is 14.0. The van der Waals surface area contributed by atoms with Crippen LogP contribution in [0.1, 0.15) is 12.5 Å². The van der Waals surface area contributed by atoms with Crippen LogP contribution >= 0.6 is 11.6 Å². The first-order valence-electron chi connectivity index (χ1n) is 7.00. The van der Waals surface area contributed by atoms with Crippen LogP contribution in [0.15, 0.2) is 48.5 Å². The van der Waals surface area contributed by atoms with Crippen molar-refractivity contribution >= 4 is 28.8 Å². The van der Waals surface area contributed by atoms with Crippen molar-refractivity contribution in [2.45, 2.75) is 6.92 Å². The quantitative estimate of drug-likeness (QED) is 0.826. The molecule has 0 radical (unpaired) electrons. The molecule has 0 saturated carbocycles. The molecule has 0 aromatic heterocycles. The zero-order chi connectivity index (χ0) is 16.8. The van der Waals surface area contributed by atoms with E-state index in [4.69, 9.17) is 21.1 Å². The van der Waals surface area contributed by atoms with Crippen molar-refractivity contribution in [3.05, 3.63) is 59.1 Å². The van der Waals surface area contributed by atoms with Gasteiger partial charge >= 0.3 is 0 Å². The van der Waals surface area contributed by atoms with E-state index in [0.29, 0.717) is 22.2 Å². The van der Waals surface area contributed by atoms with Crippen LogP contribution in [-0.4, -0.2) is 20.1 Å². The number of allylic oxidation sites excluding steroid dienone is 1. The SMILES string of the molecule is COc1ccc(/C(C)=C/C(=O)Nc2cccc(Cl)c2)c(OC)c1.